The Morgan fingerprint density at radius 1 is 1.37 bits per heavy atom. The number of hydrogen-bond donors (Lipinski definition) is 1. The molecule has 1 amide bonds. The average Bonchev–Trinajstić information content (AvgIpc) is 2.44. The molecular weight excluding hydrogens is 242 g/mol. The predicted octanol–water partition coefficient (Wildman–Crippen LogP) is 1.96. The fraction of sp³-hybridized carbons (Fsp3) is 0.933. The number of rotatable bonds is 5. The van der Waals surface area contributed by atoms with Crippen LogP contribution in [0.15, 0.2) is 0 Å². The highest BCUT2D eigenvalue weighted by molar-refractivity contribution is 5.76. The number of carbonyl (C=O) groups excluding carboxylic acids is 1. The van der Waals surface area contributed by atoms with Crippen molar-refractivity contribution in [1.82, 2.24) is 4.90 Å². The maximum atomic E-state index is 12.0. The van der Waals surface area contributed by atoms with Gasteiger partial charge < -0.3 is 14.7 Å². The van der Waals surface area contributed by atoms with Crippen molar-refractivity contribution in [3.8, 4) is 0 Å². The van der Waals surface area contributed by atoms with Crippen molar-refractivity contribution in [1.29, 1.82) is 0 Å². The lowest BCUT2D eigenvalue weighted by Gasteiger charge is -2.56. The van der Waals surface area contributed by atoms with Gasteiger partial charge in [-0.3, -0.25) is 4.79 Å². The first kappa shape index (κ1) is 14.8. The third-order valence-corrected chi connectivity index (χ3v) is 4.90. The lowest BCUT2D eigenvalue weighted by molar-refractivity contribution is -0.210. The molecule has 0 bridgehead atoms. The second kappa shape index (κ2) is 6.23. The summed E-state index contributed by atoms with van der Waals surface area (Å²) in [4.78, 5) is 14.0. The Hall–Kier alpha value is -0.610. The number of amides is 1. The zero-order valence-electron chi connectivity index (χ0n) is 12.2. The standard InChI is InChI=1S/C15H27NO3/c1-3-5-6-14(18)16-9-7-15(8-10-16)12(17)11-13(15)19-4-2/h12-13,17H,3-11H2,1-2H3. The molecule has 0 aromatic rings. The minimum atomic E-state index is -0.239. The number of likely N-dealkylation sites (tertiary alicyclic amines) is 1. The molecular formula is C15H27NO3. The number of piperidine rings is 1. The van der Waals surface area contributed by atoms with Crippen molar-refractivity contribution in [3.63, 3.8) is 0 Å². The third-order valence-electron chi connectivity index (χ3n) is 4.90. The molecule has 2 atom stereocenters. The maximum absolute atomic E-state index is 12.0. The monoisotopic (exact) mass is 269 g/mol. The van der Waals surface area contributed by atoms with E-state index in [4.69, 9.17) is 4.74 Å². The van der Waals surface area contributed by atoms with Crippen LogP contribution >= 0.6 is 0 Å². The summed E-state index contributed by atoms with van der Waals surface area (Å²) in [6.07, 6.45) is 5.20. The molecule has 1 saturated carbocycles. The first-order valence-corrected chi connectivity index (χ1v) is 7.71. The molecule has 1 heterocycles. The van der Waals surface area contributed by atoms with Crippen molar-refractivity contribution < 1.29 is 14.6 Å². The molecule has 4 nitrogen and oxygen atoms in total. The van der Waals surface area contributed by atoms with Crippen LogP contribution in [0.5, 0.6) is 0 Å². The molecule has 19 heavy (non-hydrogen) atoms. The number of aliphatic hydroxyl groups is 1. The van der Waals surface area contributed by atoms with Crippen LogP contribution < -0.4 is 0 Å². The van der Waals surface area contributed by atoms with Crippen molar-refractivity contribution in [2.45, 2.75) is 64.6 Å². The van der Waals surface area contributed by atoms with Crippen LogP contribution in [0.3, 0.4) is 0 Å². The van der Waals surface area contributed by atoms with Gasteiger partial charge in [-0.2, -0.15) is 0 Å². The molecule has 0 aromatic carbocycles. The number of aliphatic hydroxyl groups excluding tert-OH is 1. The average molecular weight is 269 g/mol. The summed E-state index contributed by atoms with van der Waals surface area (Å²) in [5.74, 6) is 0.276. The van der Waals surface area contributed by atoms with Gasteiger partial charge in [-0.05, 0) is 26.2 Å². The SMILES string of the molecule is CCCCC(=O)N1CCC2(CC1)C(O)CC2OCC. The molecule has 0 radical (unpaired) electrons. The molecule has 4 heteroatoms. The van der Waals surface area contributed by atoms with Crippen LogP contribution in [-0.2, 0) is 9.53 Å². The molecule has 2 rings (SSSR count). The smallest absolute Gasteiger partial charge is 0.222 e. The van der Waals surface area contributed by atoms with E-state index in [2.05, 4.69) is 6.92 Å². The highest BCUT2D eigenvalue weighted by atomic mass is 16.5. The minimum absolute atomic E-state index is 0.0719. The zero-order chi connectivity index (χ0) is 13.9. The molecule has 0 aromatic heterocycles. The van der Waals surface area contributed by atoms with Gasteiger partial charge in [0.05, 0.1) is 12.2 Å². The van der Waals surface area contributed by atoms with E-state index in [1.807, 2.05) is 11.8 Å². The third kappa shape index (κ3) is 2.79. The topological polar surface area (TPSA) is 49.8 Å². The Morgan fingerprint density at radius 2 is 2.05 bits per heavy atom. The van der Waals surface area contributed by atoms with Gasteiger partial charge in [0.25, 0.3) is 0 Å². The fourth-order valence-corrected chi connectivity index (χ4v) is 3.48. The Labute approximate surface area is 116 Å². The van der Waals surface area contributed by atoms with Crippen molar-refractivity contribution in [3.05, 3.63) is 0 Å². The zero-order valence-corrected chi connectivity index (χ0v) is 12.2. The Morgan fingerprint density at radius 3 is 2.58 bits per heavy atom. The summed E-state index contributed by atoms with van der Waals surface area (Å²) in [5, 5.41) is 10.1. The number of carbonyl (C=O) groups is 1. The molecule has 2 aliphatic rings. The molecule has 2 fully saturated rings. The summed E-state index contributed by atoms with van der Waals surface area (Å²) >= 11 is 0. The largest absolute Gasteiger partial charge is 0.392 e. The lowest BCUT2D eigenvalue weighted by Crippen LogP contribution is -2.62. The van der Waals surface area contributed by atoms with Crippen molar-refractivity contribution in [2.24, 2.45) is 5.41 Å². The normalized spacial score (nSPS) is 29.3. The molecule has 1 aliphatic carbocycles. The van der Waals surface area contributed by atoms with Crippen LogP contribution in [0, 0.1) is 5.41 Å². The number of unbranched alkanes of at least 4 members (excludes halogenated alkanes) is 1. The quantitative estimate of drug-likeness (QED) is 0.830. The molecule has 110 valence electrons. The first-order chi connectivity index (χ1) is 9.14. The van der Waals surface area contributed by atoms with Crippen LogP contribution in [0.25, 0.3) is 0 Å². The Kier molecular flexibility index (Phi) is 4.85. The van der Waals surface area contributed by atoms with Gasteiger partial charge in [0.15, 0.2) is 0 Å². The highest BCUT2D eigenvalue weighted by Gasteiger charge is 2.56. The highest BCUT2D eigenvalue weighted by Crippen LogP contribution is 2.50. The first-order valence-electron chi connectivity index (χ1n) is 7.71. The van der Waals surface area contributed by atoms with Crippen molar-refractivity contribution >= 4 is 5.91 Å². The number of ether oxygens (including phenoxy) is 1. The maximum Gasteiger partial charge on any atom is 0.222 e. The molecule has 1 saturated heterocycles. The van der Waals surface area contributed by atoms with Gasteiger partial charge >= 0.3 is 0 Å². The van der Waals surface area contributed by atoms with E-state index in [-0.39, 0.29) is 23.5 Å². The molecule has 1 spiro atoms. The van der Waals surface area contributed by atoms with E-state index in [9.17, 15) is 9.90 Å². The Bertz CT molecular complexity index is 309. The molecule has 1 N–H and O–H groups in total. The van der Waals surface area contributed by atoms with Crippen molar-refractivity contribution in [2.75, 3.05) is 19.7 Å². The Balaban J connectivity index is 1.86. The van der Waals surface area contributed by atoms with Crippen LogP contribution in [-0.4, -0.2) is 47.8 Å². The van der Waals surface area contributed by atoms with E-state index >= 15 is 0 Å². The van der Waals surface area contributed by atoms with E-state index < -0.39 is 0 Å². The van der Waals surface area contributed by atoms with Gasteiger partial charge in [-0.25, -0.2) is 0 Å². The summed E-state index contributed by atoms with van der Waals surface area (Å²) in [5.41, 5.74) is -0.0719. The second-order valence-electron chi connectivity index (χ2n) is 5.91. The summed E-state index contributed by atoms with van der Waals surface area (Å²) < 4.78 is 5.74. The van der Waals surface area contributed by atoms with E-state index in [1.165, 1.54) is 0 Å². The van der Waals surface area contributed by atoms with E-state index in [0.29, 0.717) is 13.0 Å². The predicted molar refractivity (Wildman–Crippen MR) is 73.8 cm³/mol. The second-order valence-corrected chi connectivity index (χ2v) is 5.91. The van der Waals surface area contributed by atoms with Gasteiger partial charge in [-0.15, -0.1) is 0 Å². The summed E-state index contributed by atoms with van der Waals surface area (Å²) in [6, 6.07) is 0. The van der Waals surface area contributed by atoms with Gasteiger partial charge in [-0.1, -0.05) is 13.3 Å². The van der Waals surface area contributed by atoms with Gasteiger partial charge in [0.1, 0.15) is 0 Å². The summed E-state index contributed by atoms with van der Waals surface area (Å²) in [6.45, 7) is 6.38. The van der Waals surface area contributed by atoms with E-state index in [0.717, 1.165) is 45.2 Å². The van der Waals surface area contributed by atoms with Crippen LogP contribution in [0.1, 0.15) is 52.4 Å². The molecule has 2 unspecified atom stereocenters. The molecule has 1 aliphatic heterocycles. The van der Waals surface area contributed by atoms with Crippen LogP contribution in [0.4, 0.5) is 0 Å². The number of nitrogens with zero attached hydrogens (tertiary/aromatic N) is 1. The fourth-order valence-electron chi connectivity index (χ4n) is 3.48. The van der Waals surface area contributed by atoms with Gasteiger partial charge in [0.2, 0.25) is 5.91 Å². The number of hydrogen-bond acceptors (Lipinski definition) is 3. The van der Waals surface area contributed by atoms with Crippen LogP contribution in [0.2, 0.25) is 0 Å². The van der Waals surface area contributed by atoms with Gasteiger partial charge in [0, 0.05) is 38.0 Å². The van der Waals surface area contributed by atoms with E-state index in [1.54, 1.807) is 0 Å². The lowest BCUT2D eigenvalue weighted by atomic mass is 9.58. The minimum Gasteiger partial charge on any atom is -0.392 e. The summed E-state index contributed by atoms with van der Waals surface area (Å²) in [7, 11) is 0.